The normalized spacial score (nSPS) is 15.7. The Kier molecular flexibility index (Phi) is 7.85. The van der Waals surface area contributed by atoms with Crippen LogP contribution in [-0.4, -0.2) is 45.7 Å². The molecule has 0 radical (unpaired) electrons. The highest BCUT2D eigenvalue weighted by Crippen LogP contribution is 2.30. The van der Waals surface area contributed by atoms with E-state index < -0.39 is 21.7 Å². The Morgan fingerprint density at radius 2 is 1.65 bits per heavy atom. The predicted molar refractivity (Wildman–Crippen MR) is 114 cm³/mol. The number of likely N-dealkylation sites (tertiary alicyclic amines) is 1. The zero-order valence-electron chi connectivity index (χ0n) is 17.7. The summed E-state index contributed by atoms with van der Waals surface area (Å²) in [5, 5.41) is 0. The fraction of sp³-hybridized carbons (Fsp3) is 0.455. The number of nitrogens with one attached hydrogen (secondary N) is 1. The average molecular weight is 455 g/mol. The van der Waals surface area contributed by atoms with Crippen LogP contribution in [0.15, 0.2) is 41.3 Å². The Morgan fingerprint density at radius 1 is 0.968 bits per heavy atom. The molecule has 1 aliphatic heterocycles. The minimum atomic E-state index is -3.71. The predicted octanol–water partition coefficient (Wildman–Crippen LogP) is 3.71. The minimum absolute atomic E-state index is 0.128. The molecule has 31 heavy (non-hydrogen) atoms. The van der Waals surface area contributed by atoms with Gasteiger partial charge in [0.1, 0.15) is 0 Å². The molecule has 0 aliphatic carbocycles. The quantitative estimate of drug-likeness (QED) is 0.626. The average Bonchev–Trinajstić information content (AvgIpc) is 2.73. The zero-order valence-corrected chi connectivity index (χ0v) is 18.6. The Labute approximate surface area is 182 Å². The van der Waals surface area contributed by atoms with Gasteiger partial charge in [0.25, 0.3) is 0 Å². The molecule has 1 N–H and O–H groups in total. The van der Waals surface area contributed by atoms with E-state index in [-0.39, 0.29) is 10.9 Å². The van der Waals surface area contributed by atoms with Crippen molar-refractivity contribution < 1.29 is 26.7 Å². The summed E-state index contributed by atoms with van der Waals surface area (Å²) < 4.78 is 66.0. The fourth-order valence-corrected chi connectivity index (χ4v) is 4.91. The third kappa shape index (κ3) is 6.15. The number of halogens is 2. The van der Waals surface area contributed by atoms with Gasteiger partial charge in [-0.05, 0) is 56.5 Å². The van der Waals surface area contributed by atoms with Crippen molar-refractivity contribution in [2.24, 2.45) is 0 Å². The molecule has 0 bridgehead atoms. The van der Waals surface area contributed by atoms with Gasteiger partial charge in [0, 0.05) is 31.7 Å². The van der Waals surface area contributed by atoms with Crippen LogP contribution in [0.4, 0.5) is 8.78 Å². The summed E-state index contributed by atoms with van der Waals surface area (Å²) in [4.78, 5) is 2.23. The molecule has 2 aromatic rings. The van der Waals surface area contributed by atoms with Crippen LogP contribution in [-0.2, 0) is 16.6 Å². The van der Waals surface area contributed by atoms with Gasteiger partial charge < -0.3 is 9.47 Å². The molecule has 0 unspecified atom stereocenters. The molecule has 170 valence electrons. The molecule has 9 heteroatoms. The van der Waals surface area contributed by atoms with E-state index in [1.165, 1.54) is 18.2 Å². The third-order valence-corrected chi connectivity index (χ3v) is 6.64. The van der Waals surface area contributed by atoms with E-state index in [9.17, 15) is 17.2 Å². The molecule has 1 heterocycles. The molecule has 0 saturated carbocycles. The molecule has 1 fully saturated rings. The molecule has 1 saturated heterocycles. The first-order valence-corrected chi connectivity index (χ1v) is 11.9. The number of sulfonamides is 1. The number of ether oxygens (including phenoxy) is 2. The summed E-state index contributed by atoms with van der Waals surface area (Å²) in [7, 11) is -3.71. The molecule has 0 aromatic heterocycles. The van der Waals surface area contributed by atoms with E-state index in [0.29, 0.717) is 62.8 Å². The third-order valence-electron chi connectivity index (χ3n) is 5.12. The fourth-order valence-electron chi connectivity index (χ4n) is 3.59. The molecular weight excluding hydrogens is 426 g/mol. The van der Waals surface area contributed by atoms with Crippen LogP contribution in [0.5, 0.6) is 11.5 Å². The van der Waals surface area contributed by atoms with Crippen LogP contribution < -0.4 is 14.2 Å². The van der Waals surface area contributed by atoms with Gasteiger partial charge in [-0.1, -0.05) is 6.07 Å². The zero-order chi connectivity index (χ0) is 22.4. The topological polar surface area (TPSA) is 67.9 Å². The second kappa shape index (κ2) is 10.4. The van der Waals surface area contributed by atoms with Gasteiger partial charge in [-0.2, -0.15) is 0 Å². The molecule has 2 aromatic carbocycles. The smallest absolute Gasteiger partial charge is 0.240 e. The first-order chi connectivity index (χ1) is 14.8. The van der Waals surface area contributed by atoms with Crippen molar-refractivity contribution in [2.45, 2.75) is 44.2 Å². The lowest BCUT2D eigenvalue weighted by atomic mass is 10.1. The summed E-state index contributed by atoms with van der Waals surface area (Å²) in [6.07, 6.45) is 1.25. The maximum atomic E-state index is 13.4. The van der Waals surface area contributed by atoms with Gasteiger partial charge in [0.05, 0.1) is 18.1 Å². The van der Waals surface area contributed by atoms with Gasteiger partial charge in [0.15, 0.2) is 23.1 Å². The van der Waals surface area contributed by atoms with E-state index in [4.69, 9.17) is 9.47 Å². The standard InChI is InChI=1S/C22H28F2N2O4S/c1-3-29-21-8-6-18(14-22(21)30-4-2)31(27,28)25-17-9-11-26(12-10-17)15-16-5-7-19(23)20(24)13-16/h5-8,13-14,17,25H,3-4,9-12,15H2,1-2H3. The van der Waals surface area contributed by atoms with Crippen LogP contribution >= 0.6 is 0 Å². The van der Waals surface area contributed by atoms with Crippen molar-refractivity contribution in [3.8, 4) is 11.5 Å². The van der Waals surface area contributed by atoms with E-state index in [1.807, 2.05) is 13.8 Å². The number of hydrogen-bond acceptors (Lipinski definition) is 5. The highest BCUT2D eigenvalue weighted by molar-refractivity contribution is 7.89. The maximum Gasteiger partial charge on any atom is 0.240 e. The Hall–Kier alpha value is -2.23. The first-order valence-electron chi connectivity index (χ1n) is 10.4. The van der Waals surface area contributed by atoms with E-state index >= 15 is 0 Å². The number of piperidine rings is 1. The summed E-state index contributed by atoms with van der Waals surface area (Å²) >= 11 is 0. The van der Waals surface area contributed by atoms with Crippen molar-refractivity contribution in [3.63, 3.8) is 0 Å². The van der Waals surface area contributed by atoms with Crippen molar-refractivity contribution >= 4 is 10.0 Å². The highest BCUT2D eigenvalue weighted by atomic mass is 32.2. The van der Waals surface area contributed by atoms with Crippen molar-refractivity contribution in [1.29, 1.82) is 0 Å². The number of hydrogen-bond donors (Lipinski definition) is 1. The molecule has 0 spiro atoms. The minimum Gasteiger partial charge on any atom is -0.490 e. The van der Waals surface area contributed by atoms with Gasteiger partial charge >= 0.3 is 0 Å². The molecule has 1 aliphatic rings. The van der Waals surface area contributed by atoms with Crippen LogP contribution in [0.25, 0.3) is 0 Å². The van der Waals surface area contributed by atoms with Gasteiger partial charge in [0.2, 0.25) is 10.0 Å². The summed E-state index contributed by atoms with van der Waals surface area (Å²) in [6.45, 7) is 6.32. The first kappa shape index (κ1) is 23.4. The van der Waals surface area contributed by atoms with E-state index in [1.54, 1.807) is 12.1 Å². The number of benzene rings is 2. The van der Waals surface area contributed by atoms with Gasteiger partial charge in [-0.25, -0.2) is 21.9 Å². The van der Waals surface area contributed by atoms with Crippen LogP contribution in [0.2, 0.25) is 0 Å². The van der Waals surface area contributed by atoms with Gasteiger partial charge in [-0.15, -0.1) is 0 Å². The number of rotatable bonds is 9. The molecule has 0 amide bonds. The molecular formula is C22H28F2N2O4S. The molecule has 6 nitrogen and oxygen atoms in total. The van der Waals surface area contributed by atoms with Gasteiger partial charge in [-0.3, -0.25) is 4.90 Å². The lowest BCUT2D eigenvalue weighted by Gasteiger charge is -2.32. The lowest BCUT2D eigenvalue weighted by Crippen LogP contribution is -2.44. The number of nitrogens with zero attached hydrogens (tertiary/aromatic N) is 1. The molecule has 3 rings (SSSR count). The molecule has 0 atom stereocenters. The maximum absolute atomic E-state index is 13.4. The largest absolute Gasteiger partial charge is 0.490 e. The Balaban J connectivity index is 1.60. The van der Waals surface area contributed by atoms with Crippen molar-refractivity contribution in [2.75, 3.05) is 26.3 Å². The second-order valence-corrected chi connectivity index (χ2v) is 9.11. The van der Waals surface area contributed by atoms with E-state index in [2.05, 4.69) is 9.62 Å². The SMILES string of the molecule is CCOc1ccc(S(=O)(=O)NC2CCN(Cc3ccc(F)c(F)c3)CC2)cc1OCC. The Morgan fingerprint density at radius 3 is 2.29 bits per heavy atom. The van der Waals surface area contributed by atoms with Crippen molar-refractivity contribution in [1.82, 2.24) is 9.62 Å². The monoisotopic (exact) mass is 454 g/mol. The van der Waals surface area contributed by atoms with Crippen molar-refractivity contribution in [3.05, 3.63) is 53.6 Å². The van der Waals surface area contributed by atoms with Crippen LogP contribution in [0.1, 0.15) is 32.3 Å². The second-order valence-electron chi connectivity index (χ2n) is 7.39. The summed E-state index contributed by atoms with van der Waals surface area (Å²) in [5.41, 5.74) is 0.691. The summed E-state index contributed by atoms with van der Waals surface area (Å²) in [6, 6.07) is 8.28. The lowest BCUT2D eigenvalue weighted by molar-refractivity contribution is 0.199. The Bertz CT molecular complexity index is 993. The summed E-state index contributed by atoms with van der Waals surface area (Å²) in [5.74, 6) is -0.817. The van der Waals surface area contributed by atoms with Crippen LogP contribution in [0, 0.1) is 11.6 Å². The van der Waals surface area contributed by atoms with Crippen LogP contribution in [0.3, 0.4) is 0 Å². The highest BCUT2D eigenvalue weighted by Gasteiger charge is 2.25. The van der Waals surface area contributed by atoms with E-state index in [0.717, 1.165) is 6.07 Å².